The lowest BCUT2D eigenvalue weighted by atomic mass is 10.0. The van der Waals surface area contributed by atoms with E-state index in [1.54, 1.807) is 12.3 Å². The SMILES string of the molecule is CCCCCCC/C=C/N.CCCCCCC/C=C/O[C@@H](C(N)=O)[C@@H](O)[C@H](O)[C@H](O)C(N)=O. The highest BCUT2D eigenvalue weighted by Gasteiger charge is 2.37. The Balaban J connectivity index is 0. The fourth-order valence-electron chi connectivity index (χ4n) is 2.89. The van der Waals surface area contributed by atoms with E-state index < -0.39 is 36.2 Å². The lowest BCUT2D eigenvalue weighted by Crippen LogP contribution is -2.53. The Morgan fingerprint density at radius 3 is 1.67 bits per heavy atom. The van der Waals surface area contributed by atoms with Crippen molar-refractivity contribution in [3.8, 4) is 0 Å². The van der Waals surface area contributed by atoms with Gasteiger partial charge in [0.2, 0.25) is 12.0 Å². The molecule has 0 heterocycles. The highest BCUT2D eigenvalue weighted by molar-refractivity contribution is 5.81. The van der Waals surface area contributed by atoms with Crippen molar-refractivity contribution in [2.75, 3.05) is 0 Å². The molecule has 0 aliphatic heterocycles. The van der Waals surface area contributed by atoms with Crippen LogP contribution in [0.5, 0.6) is 0 Å². The number of allylic oxidation sites excluding steroid dienone is 2. The lowest BCUT2D eigenvalue weighted by molar-refractivity contribution is -0.152. The highest BCUT2D eigenvalue weighted by Crippen LogP contribution is 2.10. The zero-order chi connectivity index (χ0) is 25.5. The number of aliphatic hydroxyl groups excluding tert-OH is 3. The highest BCUT2D eigenvalue weighted by atomic mass is 16.5. The maximum Gasteiger partial charge on any atom is 0.261 e. The van der Waals surface area contributed by atoms with Crippen LogP contribution >= 0.6 is 0 Å². The number of ether oxygens (including phenoxy) is 1. The standard InChI is InChI=1S/C15H28N2O6.C9H19N/c1-2-3-4-5-6-7-8-9-23-13(15(17)22)11(19)10(18)12(20)14(16)21;1-2-3-4-5-6-7-8-9-10/h8-13,18-20H,2-7H2,1H3,(H2,16,21)(H2,17,22);8-9H,2-7,10H2,1H3/b2*9-8+/t10-,11-,12-,13+;/m0./s1. The Hall–Kier alpha value is -2.10. The predicted octanol–water partition coefficient (Wildman–Crippen LogP) is 2.12. The first-order valence-electron chi connectivity index (χ1n) is 12.0. The summed E-state index contributed by atoms with van der Waals surface area (Å²) < 4.78 is 5.02. The van der Waals surface area contributed by atoms with Crippen LogP contribution in [0.1, 0.15) is 90.9 Å². The summed E-state index contributed by atoms with van der Waals surface area (Å²) in [4.78, 5) is 22.0. The summed E-state index contributed by atoms with van der Waals surface area (Å²) >= 11 is 0. The number of amides is 2. The molecule has 2 amide bonds. The number of carbonyl (C=O) groups is 2. The zero-order valence-corrected chi connectivity index (χ0v) is 20.4. The molecule has 0 bridgehead atoms. The molecule has 9 nitrogen and oxygen atoms in total. The topological polar surface area (TPSA) is 182 Å². The molecular weight excluding hydrogens is 426 g/mol. The molecule has 0 aliphatic carbocycles. The van der Waals surface area contributed by atoms with E-state index in [2.05, 4.69) is 13.8 Å². The number of hydrogen-bond acceptors (Lipinski definition) is 7. The average Bonchev–Trinajstić information content (AvgIpc) is 2.79. The molecule has 0 aromatic rings. The summed E-state index contributed by atoms with van der Waals surface area (Å²) in [5.74, 6) is -2.27. The second-order valence-electron chi connectivity index (χ2n) is 7.99. The summed E-state index contributed by atoms with van der Waals surface area (Å²) in [6.45, 7) is 4.37. The van der Waals surface area contributed by atoms with Crippen LogP contribution in [0.3, 0.4) is 0 Å². The third-order valence-corrected chi connectivity index (χ3v) is 4.96. The van der Waals surface area contributed by atoms with Gasteiger partial charge in [-0.15, -0.1) is 0 Å². The van der Waals surface area contributed by atoms with Crippen molar-refractivity contribution in [2.45, 2.75) is 115 Å². The van der Waals surface area contributed by atoms with Crippen LogP contribution in [0, 0.1) is 0 Å². The molecule has 0 aromatic heterocycles. The first-order valence-corrected chi connectivity index (χ1v) is 12.0. The molecule has 0 fully saturated rings. The van der Waals surface area contributed by atoms with Crippen LogP contribution < -0.4 is 17.2 Å². The van der Waals surface area contributed by atoms with Crippen molar-refractivity contribution in [3.05, 3.63) is 24.6 Å². The Morgan fingerprint density at radius 2 is 1.24 bits per heavy atom. The summed E-state index contributed by atoms with van der Waals surface area (Å²) in [5, 5.41) is 28.7. The van der Waals surface area contributed by atoms with E-state index in [9.17, 15) is 24.9 Å². The first-order chi connectivity index (χ1) is 15.7. The maximum atomic E-state index is 11.3. The minimum atomic E-state index is -2.03. The van der Waals surface area contributed by atoms with E-state index in [1.165, 1.54) is 44.8 Å². The van der Waals surface area contributed by atoms with E-state index in [0.29, 0.717) is 0 Å². The van der Waals surface area contributed by atoms with Crippen LogP contribution in [0.2, 0.25) is 0 Å². The fraction of sp³-hybridized carbons (Fsp3) is 0.750. The third-order valence-electron chi connectivity index (χ3n) is 4.96. The van der Waals surface area contributed by atoms with Crippen molar-refractivity contribution in [1.29, 1.82) is 0 Å². The first kappa shape index (κ1) is 33.1. The van der Waals surface area contributed by atoms with Gasteiger partial charge in [-0.1, -0.05) is 71.3 Å². The van der Waals surface area contributed by atoms with E-state index in [0.717, 1.165) is 38.5 Å². The van der Waals surface area contributed by atoms with Gasteiger partial charge in [-0.3, -0.25) is 9.59 Å². The van der Waals surface area contributed by atoms with Gasteiger partial charge in [0, 0.05) is 0 Å². The summed E-state index contributed by atoms with van der Waals surface area (Å²) in [5.41, 5.74) is 15.1. The third kappa shape index (κ3) is 19.1. The molecule has 9 heteroatoms. The zero-order valence-electron chi connectivity index (χ0n) is 20.4. The lowest BCUT2D eigenvalue weighted by Gasteiger charge is -2.25. The molecule has 0 radical (unpaired) electrons. The minimum Gasteiger partial charge on any atom is -0.486 e. The van der Waals surface area contributed by atoms with Crippen LogP contribution in [0.4, 0.5) is 0 Å². The summed E-state index contributed by atoms with van der Waals surface area (Å²) in [6, 6.07) is 0. The molecule has 4 atom stereocenters. The van der Waals surface area contributed by atoms with Crippen molar-refractivity contribution in [1.82, 2.24) is 0 Å². The van der Waals surface area contributed by atoms with Gasteiger partial charge in [-0.25, -0.2) is 0 Å². The molecule has 0 aromatic carbocycles. The van der Waals surface area contributed by atoms with Crippen LogP contribution in [-0.4, -0.2) is 51.5 Å². The van der Waals surface area contributed by atoms with Crippen molar-refractivity contribution in [2.24, 2.45) is 17.2 Å². The van der Waals surface area contributed by atoms with E-state index in [1.807, 2.05) is 6.08 Å². The summed E-state index contributed by atoms with van der Waals surface area (Å²) in [6.07, 6.45) is 13.3. The monoisotopic (exact) mass is 473 g/mol. The van der Waals surface area contributed by atoms with E-state index in [-0.39, 0.29) is 0 Å². The minimum absolute atomic E-state index is 0.734. The van der Waals surface area contributed by atoms with Crippen LogP contribution in [-0.2, 0) is 14.3 Å². The molecule has 194 valence electrons. The molecule has 33 heavy (non-hydrogen) atoms. The second kappa shape index (κ2) is 23.1. The van der Waals surface area contributed by atoms with Crippen molar-refractivity contribution < 1.29 is 29.6 Å². The van der Waals surface area contributed by atoms with Crippen molar-refractivity contribution in [3.63, 3.8) is 0 Å². The molecule has 0 aliphatic rings. The van der Waals surface area contributed by atoms with Gasteiger partial charge in [0.1, 0.15) is 12.2 Å². The Kier molecular flexibility index (Phi) is 23.1. The number of unbranched alkanes of at least 4 members (excludes halogenated alkanes) is 10. The van der Waals surface area contributed by atoms with Crippen LogP contribution in [0.25, 0.3) is 0 Å². The van der Waals surface area contributed by atoms with Gasteiger partial charge in [0.15, 0.2) is 6.10 Å². The van der Waals surface area contributed by atoms with Gasteiger partial charge >= 0.3 is 0 Å². The van der Waals surface area contributed by atoms with Gasteiger partial charge in [0.05, 0.1) is 6.26 Å². The Morgan fingerprint density at radius 1 is 0.758 bits per heavy atom. The number of primary amides is 2. The molecule has 0 rings (SSSR count). The van der Waals surface area contributed by atoms with Crippen LogP contribution in [0.15, 0.2) is 24.6 Å². The molecule has 0 saturated carbocycles. The second-order valence-corrected chi connectivity index (χ2v) is 7.99. The largest absolute Gasteiger partial charge is 0.486 e. The number of nitrogens with two attached hydrogens (primary N) is 3. The number of carbonyl (C=O) groups excluding carboxylic acids is 2. The molecule has 0 saturated heterocycles. The predicted molar refractivity (Wildman–Crippen MR) is 131 cm³/mol. The van der Waals surface area contributed by atoms with Gasteiger partial charge < -0.3 is 37.3 Å². The average molecular weight is 474 g/mol. The van der Waals surface area contributed by atoms with Gasteiger partial charge in [0.25, 0.3) is 5.91 Å². The fourth-order valence-corrected chi connectivity index (χ4v) is 2.89. The quantitative estimate of drug-likeness (QED) is 0.123. The molecule has 0 unspecified atom stereocenters. The molecule has 9 N–H and O–H groups in total. The normalized spacial score (nSPS) is 14.9. The Bertz CT molecular complexity index is 542. The number of hydrogen-bond donors (Lipinski definition) is 6. The molecular formula is C24H47N3O6. The maximum absolute atomic E-state index is 11.3. The van der Waals surface area contributed by atoms with Gasteiger partial charge in [-0.2, -0.15) is 0 Å². The smallest absolute Gasteiger partial charge is 0.261 e. The molecule has 0 spiro atoms. The van der Waals surface area contributed by atoms with Crippen molar-refractivity contribution >= 4 is 11.8 Å². The Labute approximate surface area is 199 Å². The van der Waals surface area contributed by atoms with E-state index >= 15 is 0 Å². The number of aliphatic hydroxyl groups is 3. The van der Waals surface area contributed by atoms with E-state index in [4.69, 9.17) is 21.9 Å². The van der Waals surface area contributed by atoms with Gasteiger partial charge in [-0.05, 0) is 38.0 Å². The summed E-state index contributed by atoms with van der Waals surface area (Å²) in [7, 11) is 0. The number of rotatable bonds is 19.